The highest BCUT2D eigenvalue weighted by atomic mass is 32.2. The van der Waals surface area contributed by atoms with Gasteiger partial charge < -0.3 is 19.6 Å². The Kier molecular flexibility index (Phi) is 5.24. The first kappa shape index (κ1) is 18.4. The third-order valence-electron chi connectivity index (χ3n) is 5.32. The van der Waals surface area contributed by atoms with Gasteiger partial charge in [0, 0.05) is 26.2 Å². The summed E-state index contributed by atoms with van der Waals surface area (Å²) in [7, 11) is 0.392. The number of rotatable bonds is 2. The lowest BCUT2D eigenvalue weighted by atomic mass is 10.0. The second kappa shape index (κ2) is 7.11. The Hall–Kier alpha value is -1.35. The van der Waals surface area contributed by atoms with Gasteiger partial charge in [-0.2, -0.15) is 0 Å². The number of sulfone groups is 1. The third kappa shape index (κ3) is 3.92. The average molecular weight is 372 g/mol. The summed E-state index contributed by atoms with van der Waals surface area (Å²) >= 11 is 0. The number of carbonyl (C=O) groups excluding carboxylic acids is 2. The van der Waals surface area contributed by atoms with Gasteiger partial charge in [0.15, 0.2) is 9.84 Å². The van der Waals surface area contributed by atoms with E-state index in [9.17, 15) is 18.0 Å². The van der Waals surface area contributed by atoms with Crippen molar-refractivity contribution in [3.8, 4) is 0 Å². The SMILES string of the molecule is CN(C)CC(=O)N1CCN(C(=O)N2CCCCC2)[C@H]2CS(=O)(=O)C[C@H]21. The molecule has 8 nitrogen and oxygen atoms in total. The summed E-state index contributed by atoms with van der Waals surface area (Å²) in [5, 5.41) is 0. The van der Waals surface area contributed by atoms with Gasteiger partial charge in [0.25, 0.3) is 0 Å². The van der Waals surface area contributed by atoms with Gasteiger partial charge in [0.1, 0.15) is 0 Å². The molecule has 0 aromatic heterocycles. The summed E-state index contributed by atoms with van der Waals surface area (Å²) in [5.41, 5.74) is 0. The lowest BCUT2D eigenvalue weighted by Crippen LogP contribution is -2.64. The van der Waals surface area contributed by atoms with Crippen LogP contribution in [0.15, 0.2) is 0 Å². The van der Waals surface area contributed by atoms with E-state index in [1.165, 1.54) is 0 Å². The van der Waals surface area contributed by atoms with Crippen molar-refractivity contribution in [3.05, 3.63) is 0 Å². The first-order chi connectivity index (χ1) is 11.8. The van der Waals surface area contributed by atoms with Gasteiger partial charge >= 0.3 is 6.03 Å². The summed E-state index contributed by atoms with van der Waals surface area (Å²) in [6, 6.07) is -0.897. The van der Waals surface area contributed by atoms with Crippen LogP contribution in [0.3, 0.4) is 0 Å². The molecule has 0 bridgehead atoms. The molecule has 3 amide bonds. The van der Waals surface area contributed by atoms with Gasteiger partial charge in [0.2, 0.25) is 5.91 Å². The third-order valence-corrected chi connectivity index (χ3v) is 7.02. The Bertz CT molecular complexity index is 630. The highest BCUT2D eigenvalue weighted by molar-refractivity contribution is 7.91. The van der Waals surface area contributed by atoms with Crippen molar-refractivity contribution >= 4 is 21.8 Å². The van der Waals surface area contributed by atoms with Gasteiger partial charge in [0.05, 0.1) is 30.1 Å². The summed E-state index contributed by atoms with van der Waals surface area (Å²) in [5.74, 6) is -0.147. The van der Waals surface area contributed by atoms with Crippen LogP contribution in [-0.2, 0) is 14.6 Å². The predicted octanol–water partition coefficient (Wildman–Crippen LogP) is -0.536. The van der Waals surface area contributed by atoms with Crippen LogP contribution >= 0.6 is 0 Å². The van der Waals surface area contributed by atoms with Gasteiger partial charge in [-0.3, -0.25) is 4.79 Å². The van der Waals surface area contributed by atoms with Crippen molar-refractivity contribution in [2.24, 2.45) is 0 Å². The number of carbonyl (C=O) groups is 2. The lowest BCUT2D eigenvalue weighted by molar-refractivity contribution is -0.137. The van der Waals surface area contributed by atoms with E-state index in [0.717, 1.165) is 32.4 Å². The standard InChI is InChI=1S/C16H28N4O4S/c1-17(2)10-15(21)19-8-9-20(14-12-25(23,24)11-13(14)19)16(22)18-6-4-3-5-7-18/h13-14H,3-12H2,1-2H3/t13-,14+/m1/s1. The van der Waals surface area contributed by atoms with E-state index < -0.39 is 21.9 Å². The van der Waals surface area contributed by atoms with E-state index in [0.29, 0.717) is 13.1 Å². The molecule has 142 valence electrons. The second-order valence-electron chi connectivity index (χ2n) is 7.56. The number of urea groups is 1. The van der Waals surface area contributed by atoms with Gasteiger partial charge in [-0.1, -0.05) is 0 Å². The van der Waals surface area contributed by atoms with Gasteiger partial charge in [-0.05, 0) is 33.4 Å². The molecule has 0 spiro atoms. The number of likely N-dealkylation sites (N-methyl/N-ethyl adjacent to an activating group) is 1. The fraction of sp³-hybridized carbons (Fsp3) is 0.875. The van der Waals surface area contributed by atoms with Crippen molar-refractivity contribution in [2.45, 2.75) is 31.3 Å². The smallest absolute Gasteiger partial charge is 0.320 e. The zero-order valence-electron chi connectivity index (χ0n) is 15.1. The molecule has 25 heavy (non-hydrogen) atoms. The zero-order chi connectivity index (χ0) is 18.2. The van der Waals surface area contributed by atoms with Crippen LogP contribution in [0.4, 0.5) is 4.79 Å². The van der Waals surface area contributed by atoms with Crippen LogP contribution in [0.2, 0.25) is 0 Å². The number of likely N-dealkylation sites (tertiary alicyclic amines) is 1. The number of nitrogens with zero attached hydrogens (tertiary/aromatic N) is 4. The number of amides is 3. The summed E-state index contributed by atoms with van der Waals surface area (Å²) in [6.07, 6.45) is 3.13. The fourth-order valence-corrected chi connectivity index (χ4v) is 6.11. The van der Waals surface area contributed by atoms with E-state index in [1.807, 2.05) is 19.0 Å². The van der Waals surface area contributed by atoms with Crippen molar-refractivity contribution in [1.29, 1.82) is 0 Å². The highest BCUT2D eigenvalue weighted by Gasteiger charge is 2.50. The second-order valence-corrected chi connectivity index (χ2v) is 9.71. The van der Waals surface area contributed by atoms with Crippen molar-refractivity contribution in [1.82, 2.24) is 19.6 Å². The zero-order valence-corrected chi connectivity index (χ0v) is 15.9. The topological polar surface area (TPSA) is 81.2 Å². The minimum atomic E-state index is -3.24. The maximum Gasteiger partial charge on any atom is 0.320 e. The summed E-state index contributed by atoms with van der Waals surface area (Å²) in [4.78, 5) is 32.4. The van der Waals surface area contributed by atoms with E-state index in [1.54, 1.807) is 14.7 Å². The Morgan fingerprint density at radius 2 is 1.48 bits per heavy atom. The molecule has 0 unspecified atom stereocenters. The number of hydrogen-bond donors (Lipinski definition) is 0. The number of piperazine rings is 1. The molecule has 3 heterocycles. The molecule has 3 rings (SSSR count). The Morgan fingerprint density at radius 1 is 0.920 bits per heavy atom. The molecular weight excluding hydrogens is 344 g/mol. The maximum absolute atomic E-state index is 12.9. The molecule has 0 aromatic carbocycles. The molecule has 9 heteroatoms. The van der Waals surface area contributed by atoms with Crippen molar-refractivity contribution in [2.75, 3.05) is 58.3 Å². The molecule has 3 aliphatic heterocycles. The van der Waals surface area contributed by atoms with Crippen LogP contribution in [0.5, 0.6) is 0 Å². The largest absolute Gasteiger partial charge is 0.334 e. The molecular formula is C16H28N4O4S. The van der Waals surface area contributed by atoms with E-state index in [2.05, 4.69) is 0 Å². The first-order valence-electron chi connectivity index (χ1n) is 8.99. The predicted molar refractivity (Wildman–Crippen MR) is 94.0 cm³/mol. The normalized spacial score (nSPS) is 29.0. The van der Waals surface area contributed by atoms with Crippen LogP contribution in [0.25, 0.3) is 0 Å². The number of fused-ring (bicyclic) bond motifs is 1. The number of hydrogen-bond acceptors (Lipinski definition) is 5. The number of piperidine rings is 1. The minimum absolute atomic E-state index is 0.0387. The molecule has 2 atom stereocenters. The molecule has 0 radical (unpaired) electrons. The molecule has 0 N–H and O–H groups in total. The molecule has 0 aliphatic carbocycles. The average Bonchev–Trinajstić information content (AvgIpc) is 2.88. The highest BCUT2D eigenvalue weighted by Crippen LogP contribution is 2.28. The van der Waals surface area contributed by atoms with Crippen molar-refractivity contribution in [3.63, 3.8) is 0 Å². The van der Waals surface area contributed by atoms with Crippen LogP contribution in [0, 0.1) is 0 Å². The van der Waals surface area contributed by atoms with Crippen LogP contribution in [0.1, 0.15) is 19.3 Å². The van der Waals surface area contributed by atoms with Gasteiger partial charge in [-0.15, -0.1) is 0 Å². The lowest BCUT2D eigenvalue weighted by Gasteiger charge is -2.46. The van der Waals surface area contributed by atoms with Crippen LogP contribution in [-0.4, -0.2) is 110 Å². The van der Waals surface area contributed by atoms with Gasteiger partial charge in [-0.25, -0.2) is 13.2 Å². The Labute approximate surface area is 149 Å². The molecule has 0 saturated carbocycles. The fourth-order valence-electron chi connectivity index (χ4n) is 4.13. The summed E-state index contributed by atoms with van der Waals surface area (Å²) < 4.78 is 24.5. The van der Waals surface area contributed by atoms with Crippen molar-refractivity contribution < 1.29 is 18.0 Å². The Balaban J connectivity index is 1.78. The van der Waals surface area contributed by atoms with E-state index >= 15 is 0 Å². The summed E-state index contributed by atoms with van der Waals surface area (Å²) in [6.45, 7) is 2.54. The van der Waals surface area contributed by atoms with E-state index in [-0.39, 0.29) is 30.0 Å². The maximum atomic E-state index is 12.9. The Morgan fingerprint density at radius 3 is 2.08 bits per heavy atom. The molecule has 3 fully saturated rings. The minimum Gasteiger partial charge on any atom is -0.334 e. The van der Waals surface area contributed by atoms with Crippen LogP contribution < -0.4 is 0 Å². The molecule has 3 saturated heterocycles. The first-order valence-corrected chi connectivity index (χ1v) is 10.8. The molecule has 0 aromatic rings. The monoisotopic (exact) mass is 372 g/mol. The molecule has 3 aliphatic rings. The quantitative estimate of drug-likeness (QED) is 0.651. The van der Waals surface area contributed by atoms with E-state index in [4.69, 9.17) is 0 Å².